The molecule has 11 heteroatoms. The first-order valence-electron chi connectivity index (χ1n) is 6.07. The third kappa shape index (κ3) is 4.12. The zero-order valence-corrected chi connectivity index (χ0v) is 13.0. The van der Waals surface area contributed by atoms with Crippen molar-refractivity contribution in [2.45, 2.75) is 6.18 Å². The van der Waals surface area contributed by atoms with Gasteiger partial charge < -0.3 is 20.9 Å². The zero-order chi connectivity index (χ0) is 18.1. The molecule has 6 nitrogen and oxygen atoms in total. The molecule has 2 amide bonds. The average molecular weight is 382 g/mol. The molecule has 0 fully saturated rings. The van der Waals surface area contributed by atoms with Gasteiger partial charge in [-0.15, -0.1) is 0 Å². The van der Waals surface area contributed by atoms with Crippen molar-refractivity contribution < 1.29 is 27.8 Å². The summed E-state index contributed by atoms with van der Waals surface area (Å²) in [7, 11) is 0. The predicted molar refractivity (Wildman–Crippen MR) is 80.6 cm³/mol. The molecule has 0 radical (unpaired) electrons. The van der Waals surface area contributed by atoms with E-state index in [9.17, 15) is 23.1 Å². The maximum atomic E-state index is 12.6. The molecule has 0 saturated heterocycles. The van der Waals surface area contributed by atoms with Gasteiger partial charge in [0.15, 0.2) is 5.75 Å². The van der Waals surface area contributed by atoms with Crippen LogP contribution in [0.2, 0.25) is 10.0 Å². The molecular weight excluding hydrogens is 374 g/mol. The number of phenols is 1. The highest BCUT2D eigenvalue weighted by Crippen LogP contribution is 2.40. The topological polar surface area (TPSA) is 97.5 Å². The van der Waals surface area contributed by atoms with Crippen LogP contribution in [0.5, 0.6) is 17.4 Å². The van der Waals surface area contributed by atoms with Crippen molar-refractivity contribution in [3.8, 4) is 17.4 Å². The fraction of sp³-hybridized carbons (Fsp3) is 0.0769. The molecule has 0 saturated carbocycles. The van der Waals surface area contributed by atoms with Crippen molar-refractivity contribution in [3.05, 3.63) is 40.0 Å². The highest BCUT2D eigenvalue weighted by molar-refractivity contribution is 6.33. The Hall–Kier alpha value is -2.39. The number of rotatable bonds is 3. The predicted octanol–water partition coefficient (Wildman–Crippen LogP) is 4.40. The number of phenolic OH excluding ortho intramolecular Hbond substituents is 1. The van der Waals surface area contributed by atoms with Crippen LogP contribution in [-0.2, 0) is 6.18 Å². The monoisotopic (exact) mass is 381 g/mol. The quantitative estimate of drug-likeness (QED) is 0.686. The van der Waals surface area contributed by atoms with E-state index in [1.807, 2.05) is 0 Å². The van der Waals surface area contributed by atoms with Gasteiger partial charge in [0.25, 0.3) is 0 Å². The van der Waals surface area contributed by atoms with Crippen molar-refractivity contribution in [1.82, 2.24) is 4.98 Å². The molecule has 0 aliphatic carbocycles. The second-order valence-corrected chi connectivity index (χ2v) is 5.21. The number of anilines is 1. The van der Waals surface area contributed by atoms with Gasteiger partial charge in [-0.2, -0.15) is 13.2 Å². The van der Waals surface area contributed by atoms with Crippen LogP contribution in [0.3, 0.4) is 0 Å². The molecule has 2 aromatic rings. The van der Waals surface area contributed by atoms with Crippen LogP contribution < -0.4 is 15.8 Å². The summed E-state index contributed by atoms with van der Waals surface area (Å²) < 4.78 is 42.9. The Morgan fingerprint density at radius 2 is 1.92 bits per heavy atom. The molecule has 0 spiro atoms. The number of carbonyl (C=O) groups excluding carboxylic acids is 1. The first-order chi connectivity index (χ1) is 11.1. The van der Waals surface area contributed by atoms with Gasteiger partial charge in [-0.3, -0.25) is 0 Å². The normalized spacial score (nSPS) is 11.2. The molecule has 1 aromatic carbocycles. The summed E-state index contributed by atoms with van der Waals surface area (Å²) in [6.45, 7) is 0. The Kier molecular flexibility index (Phi) is 4.95. The molecule has 2 rings (SSSR count). The number of alkyl halides is 3. The third-order valence-corrected chi connectivity index (χ3v) is 3.22. The van der Waals surface area contributed by atoms with Gasteiger partial charge in [0.05, 0.1) is 16.3 Å². The number of nitrogens with two attached hydrogens (primary N) is 1. The van der Waals surface area contributed by atoms with E-state index in [1.165, 1.54) is 0 Å². The fourth-order valence-electron chi connectivity index (χ4n) is 1.61. The smallest absolute Gasteiger partial charge is 0.417 e. The Morgan fingerprint density at radius 1 is 1.25 bits per heavy atom. The van der Waals surface area contributed by atoms with Crippen molar-refractivity contribution in [2.24, 2.45) is 5.73 Å². The van der Waals surface area contributed by atoms with Gasteiger partial charge in [0.1, 0.15) is 10.8 Å². The van der Waals surface area contributed by atoms with E-state index in [4.69, 9.17) is 33.7 Å². The van der Waals surface area contributed by atoms with Crippen molar-refractivity contribution in [1.29, 1.82) is 0 Å². The summed E-state index contributed by atoms with van der Waals surface area (Å²) in [5, 5.41) is 11.3. The van der Waals surface area contributed by atoms with Gasteiger partial charge in [0.2, 0.25) is 5.88 Å². The molecule has 24 heavy (non-hydrogen) atoms. The Balaban J connectivity index is 2.36. The zero-order valence-electron chi connectivity index (χ0n) is 11.5. The van der Waals surface area contributed by atoms with Crippen LogP contribution in [-0.4, -0.2) is 16.1 Å². The number of hydrogen-bond donors (Lipinski definition) is 3. The maximum absolute atomic E-state index is 12.6. The van der Waals surface area contributed by atoms with Gasteiger partial charge in [-0.05, 0) is 6.07 Å². The minimum Gasteiger partial charge on any atom is -0.506 e. The number of ether oxygens (including phenoxy) is 1. The summed E-state index contributed by atoms with van der Waals surface area (Å²) >= 11 is 11.6. The van der Waals surface area contributed by atoms with Crippen LogP contribution in [0, 0.1) is 0 Å². The van der Waals surface area contributed by atoms with Crippen LogP contribution in [0.4, 0.5) is 23.7 Å². The van der Waals surface area contributed by atoms with Gasteiger partial charge >= 0.3 is 12.2 Å². The van der Waals surface area contributed by atoms with Crippen LogP contribution in [0.1, 0.15) is 5.56 Å². The van der Waals surface area contributed by atoms with Crippen molar-refractivity contribution in [2.75, 3.05) is 5.32 Å². The number of hydrogen-bond acceptors (Lipinski definition) is 4. The van der Waals surface area contributed by atoms with Crippen molar-refractivity contribution in [3.63, 3.8) is 0 Å². The van der Waals surface area contributed by atoms with Crippen LogP contribution in [0.15, 0.2) is 24.4 Å². The van der Waals surface area contributed by atoms with E-state index in [1.54, 1.807) is 0 Å². The van der Waals surface area contributed by atoms with Crippen molar-refractivity contribution >= 4 is 34.9 Å². The summed E-state index contributed by atoms with van der Waals surface area (Å²) in [6.07, 6.45) is -4.07. The molecule has 0 bridgehead atoms. The second kappa shape index (κ2) is 6.62. The molecule has 1 aromatic heterocycles. The van der Waals surface area contributed by atoms with Gasteiger partial charge in [-0.25, -0.2) is 9.78 Å². The number of urea groups is 1. The maximum Gasteiger partial charge on any atom is 0.417 e. The number of primary amides is 1. The number of pyridine rings is 1. The molecule has 0 aliphatic heterocycles. The highest BCUT2D eigenvalue weighted by atomic mass is 35.5. The largest absolute Gasteiger partial charge is 0.506 e. The summed E-state index contributed by atoms with van der Waals surface area (Å²) in [5.74, 6) is -0.854. The Morgan fingerprint density at radius 3 is 2.46 bits per heavy atom. The number of nitrogens with one attached hydrogen (secondary N) is 1. The Bertz CT molecular complexity index is 800. The van der Waals surface area contributed by atoms with E-state index in [2.05, 4.69) is 10.3 Å². The number of aromatic nitrogens is 1. The number of amides is 2. The van der Waals surface area contributed by atoms with Crippen LogP contribution in [0.25, 0.3) is 0 Å². The molecule has 0 unspecified atom stereocenters. The lowest BCUT2D eigenvalue weighted by atomic mass is 10.2. The Labute approximate surface area is 143 Å². The van der Waals surface area contributed by atoms with E-state index < -0.39 is 28.5 Å². The number of halogens is 5. The standard InChI is InChI=1S/C13H8Cl2F3N3O3/c14-6-2-9(22)8(21-12(19)23)3-10(6)24-11-7(15)1-5(4-20-11)13(16,17)18/h1-4,22H,(H3,19,21,23). The third-order valence-electron chi connectivity index (χ3n) is 2.65. The average Bonchev–Trinajstić information content (AvgIpc) is 2.44. The minimum atomic E-state index is -4.61. The first-order valence-corrected chi connectivity index (χ1v) is 6.83. The molecule has 1 heterocycles. The lowest BCUT2D eigenvalue weighted by Crippen LogP contribution is -2.19. The van der Waals surface area contributed by atoms with E-state index in [0.29, 0.717) is 12.3 Å². The SMILES string of the molecule is NC(=O)Nc1cc(Oc2ncc(C(F)(F)F)cc2Cl)c(Cl)cc1O. The number of benzene rings is 1. The molecular formula is C13H8Cl2F3N3O3. The van der Waals surface area contributed by atoms with E-state index in [-0.39, 0.29) is 22.3 Å². The first kappa shape index (κ1) is 18.0. The minimum absolute atomic E-state index is 0.0970. The lowest BCUT2D eigenvalue weighted by Gasteiger charge is -2.13. The number of carbonyl (C=O) groups is 1. The summed E-state index contributed by atoms with van der Waals surface area (Å²) in [4.78, 5) is 14.3. The number of nitrogens with zero attached hydrogens (tertiary/aromatic N) is 1. The van der Waals surface area contributed by atoms with Gasteiger partial charge in [0, 0.05) is 18.3 Å². The summed E-state index contributed by atoms with van der Waals surface area (Å²) in [6, 6.07) is 1.84. The molecule has 0 atom stereocenters. The van der Waals surface area contributed by atoms with E-state index in [0.717, 1.165) is 12.1 Å². The number of aromatic hydroxyl groups is 1. The second-order valence-electron chi connectivity index (χ2n) is 4.40. The van der Waals surface area contributed by atoms with E-state index >= 15 is 0 Å². The van der Waals surface area contributed by atoms with Gasteiger partial charge in [-0.1, -0.05) is 23.2 Å². The van der Waals surface area contributed by atoms with Crippen LogP contribution >= 0.6 is 23.2 Å². The molecule has 4 N–H and O–H groups in total. The fourth-order valence-corrected chi connectivity index (χ4v) is 2.02. The molecule has 128 valence electrons. The molecule has 0 aliphatic rings. The summed E-state index contributed by atoms with van der Waals surface area (Å²) in [5.41, 5.74) is 3.77. The highest BCUT2D eigenvalue weighted by Gasteiger charge is 2.32. The lowest BCUT2D eigenvalue weighted by molar-refractivity contribution is -0.137.